The average molecular weight is 201 g/mol. The van der Waals surface area contributed by atoms with Crippen LogP contribution < -0.4 is 0 Å². The lowest BCUT2D eigenvalue weighted by Gasteiger charge is -2.33. The zero-order chi connectivity index (χ0) is 10.6. The Labute approximate surface area is 84.8 Å². The van der Waals surface area contributed by atoms with Crippen LogP contribution in [0, 0.1) is 5.92 Å². The van der Waals surface area contributed by atoms with Crippen molar-refractivity contribution in [3.05, 3.63) is 0 Å². The first-order chi connectivity index (χ1) is 6.63. The van der Waals surface area contributed by atoms with Crippen LogP contribution in [0.5, 0.6) is 0 Å². The number of carbonyl (C=O) groups is 1. The summed E-state index contributed by atoms with van der Waals surface area (Å²) in [5.74, 6) is 0.0262. The maximum Gasteiger partial charge on any atom is 0.305 e. The molecule has 0 spiro atoms. The van der Waals surface area contributed by atoms with Gasteiger partial charge in [0.25, 0.3) is 0 Å². The van der Waals surface area contributed by atoms with Crippen LogP contribution in [-0.4, -0.2) is 49.3 Å². The average Bonchev–Trinajstić information content (AvgIpc) is 2.19. The van der Waals surface area contributed by atoms with E-state index in [0.717, 1.165) is 25.9 Å². The highest BCUT2D eigenvalue weighted by Gasteiger charge is 2.26. The van der Waals surface area contributed by atoms with Gasteiger partial charge in [-0.3, -0.25) is 4.79 Å². The van der Waals surface area contributed by atoms with Crippen molar-refractivity contribution in [2.75, 3.05) is 27.2 Å². The number of rotatable bonds is 3. The topological polar surface area (TPSA) is 49.8 Å². The van der Waals surface area contributed by atoms with Crippen LogP contribution in [-0.2, 0) is 9.53 Å². The molecule has 1 fully saturated rings. The molecule has 0 aromatic carbocycles. The van der Waals surface area contributed by atoms with Crippen molar-refractivity contribution in [1.29, 1.82) is 0 Å². The molecule has 82 valence electrons. The summed E-state index contributed by atoms with van der Waals surface area (Å²) >= 11 is 0. The Bertz CT molecular complexity index is 196. The molecular formula is C10H19NO3. The fourth-order valence-electron chi connectivity index (χ4n) is 1.89. The molecule has 0 radical (unpaired) electrons. The van der Waals surface area contributed by atoms with Gasteiger partial charge in [0, 0.05) is 19.5 Å². The predicted molar refractivity (Wildman–Crippen MR) is 52.9 cm³/mol. The number of hydrogen-bond acceptors (Lipinski definition) is 4. The van der Waals surface area contributed by atoms with Gasteiger partial charge < -0.3 is 14.7 Å². The summed E-state index contributed by atoms with van der Waals surface area (Å²) in [6.07, 6.45) is 1.68. The van der Waals surface area contributed by atoms with Crippen molar-refractivity contribution in [2.45, 2.75) is 25.4 Å². The summed E-state index contributed by atoms with van der Waals surface area (Å²) in [6, 6.07) is 0. The molecule has 1 saturated heterocycles. The van der Waals surface area contributed by atoms with Crippen molar-refractivity contribution in [3.63, 3.8) is 0 Å². The minimum Gasteiger partial charge on any atom is -0.469 e. The molecule has 0 saturated carbocycles. The standard InChI is InChI=1S/C10H19NO3/c1-11-6-5-9(12)8(7-11)3-4-10(13)14-2/h8-9,12H,3-7H2,1-2H3/t8-,9-/m0/s1. The van der Waals surface area contributed by atoms with E-state index in [4.69, 9.17) is 0 Å². The van der Waals surface area contributed by atoms with Crippen LogP contribution in [0.1, 0.15) is 19.3 Å². The zero-order valence-corrected chi connectivity index (χ0v) is 8.90. The molecule has 1 heterocycles. The highest BCUT2D eigenvalue weighted by atomic mass is 16.5. The molecule has 1 rings (SSSR count). The number of esters is 1. The molecule has 0 bridgehead atoms. The summed E-state index contributed by atoms with van der Waals surface area (Å²) in [7, 11) is 3.43. The predicted octanol–water partition coefficient (Wildman–Crippen LogP) is 0.252. The summed E-state index contributed by atoms with van der Waals surface area (Å²) in [5.41, 5.74) is 0. The lowest BCUT2D eigenvalue weighted by atomic mass is 9.91. The van der Waals surface area contributed by atoms with Crippen LogP contribution in [0.3, 0.4) is 0 Å². The molecule has 1 N–H and O–H groups in total. The largest absolute Gasteiger partial charge is 0.469 e. The van der Waals surface area contributed by atoms with Crippen molar-refractivity contribution >= 4 is 5.97 Å². The van der Waals surface area contributed by atoms with Gasteiger partial charge in [0.2, 0.25) is 0 Å². The molecule has 0 aromatic rings. The van der Waals surface area contributed by atoms with E-state index in [0.29, 0.717) is 6.42 Å². The second-order valence-electron chi connectivity index (χ2n) is 3.99. The maximum absolute atomic E-state index is 10.9. The number of aliphatic hydroxyl groups excluding tert-OH is 1. The van der Waals surface area contributed by atoms with E-state index in [-0.39, 0.29) is 18.0 Å². The number of methoxy groups -OCH3 is 1. The molecule has 4 nitrogen and oxygen atoms in total. The maximum atomic E-state index is 10.9. The van der Waals surface area contributed by atoms with E-state index >= 15 is 0 Å². The van der Waals surface area contributed by atoms with E-state index in [9.17, 15) is 9.90 Å². The SMILES string of the molecule is COC(=O)CC[C@H]1CN(C)CC[C@@H]1O. The van der Waals surface area contributed by atoms with Gasteiger partial charge in [-0.2, -0.15) is 0 Å². The first kappa shape index (κ1) is 11.5. The van der Waals surface area contributed by atoms with Crippen molar-refractivity contribution in [3.8, 4) is 0 Å². The number of hydrogen-bond donors (Lipinski definition) is 1. The van der Waals surface area contributed by atoms with Gasteiger partial charge in [-0.25, -0.2) is 0 Å². The van der Waals surface area contributed by atoms with Crippen molar-refractivity contribution in [1.82, 2.24) is 4.90 Å². The number of likely N-dealkylation sites (tertiary alicyclic amines) is 1. The molecule has 2 atom stereocenters. The smallest absolute Gasteiger partial charge is 0.305 e. The lowest BCUT2D eigenvalue weighted by Crippen LogP contribution is -2.41. The number of aliphatic hydroxyl groups is 1. The number of ether oxygens (including phenoxy) is 1. The minimum atomic E-state index is -0.254. The number of nitrogens with zero attached hydrogens (tertiary/aromatic N) is 1. The molecule has 0 unspecified atom stereocenters. The van der Waals surface area contributed by atoms with Crippen LogP contribution >= 0.6 is 0 Å². The Balaban J connectivity index is 2.30. The van der Waals surface area contributed by atoms with E-state index in [1.54, 1.807) is 0 Å². The second kappa shape index (κ2) is 5.32. The number of carbonyl (C=O) groups excluding carboxylic acids is 1. The summed E-state index contributed by atoms with van der Waals surface area (Å²) in [4.78, 5) is 13.1. The third kappa shape index (κ3) is 3.27. The molecule has 1 aliphatic rings. The molecule has 0 aromatic heterocycles. The van der Waals surface area contributed by atoms with Gasteiger partial charge in [-0.1, -0.05) is 0 Å². The first-order valence-electron chi connectivity index (χ1n) is 5.07. The van der Waals surface area contributed by atoms with E-state index < -0.39 is 0 Å². The van der Waals surface area contributed by atoms with E-state index in [1.807, 2.05) is 7.05 Å². The van der Waals surface area contributed by atoms with Crippen LogP contribution in [0.4, 0.5) is 0 Å². The molecule has 1 aliphatic heterocycles. The summed E-state index contributed by atoms with van der Waals surface area (Å²) in [5, 5.41) is 9.69. The number of piperidine rings is 1. The van der Waals surface area contributed by atoms with Crippen molar-refractivity contribution < 1.29 is 14.6 Å². The molecule has 0 amide bonds. The Morgan fingerprint density at radius 3 is 3.00 bits per heavy atom. The van der Waals surface area contributed by atoms with E-state index in [1.165, 1.54) is 7.11 Å². The minimum absolute atomic E-state index is 0.189. The second-order valence-corrected chi connectivity index (χ2v) is 3.99. The fraction of sp³-hybridized carbons (Fsp3) is 0.900. The molecule has 0 aliphatic carbocycles. The Morgan fingerprint density at radius 1 is 1.64 bits per heavy atom. The Morgan fingerprint density at radius 2 is 2.36 bits per heavy atom. The monoisotopic (exact) mass is 201 g/mol. The highest BCUT2D eigenvalue weighted by molar-refractivity contribution is 5.69. The quantitative estimate of drug-likeness (QED) is 0.665. The zero-order valence-electron chi connectivity index (χ0n) is 8.90. The molecule has 4 heteroatoms. The Hall–Kier alpha value is -0.610. The van der Waals surface area contributed by atoms with Gasteiger partial charge in [-0.05, 0) is 25.8 Å². The first-order valence-corrected chi connectivity index (χ1v) is 5.07. The van der Waals surface area contributed by atoms with Crippen LogP contribution in [0.15, 0.2) is 0 Å². The lowest BCUT2D eigenvalue weighted by molar-refractivity contribution is -0.141. The van der Waals surface area contributed by atoms with Gasteiger partial charge >= 0.3 is 5.97 Å². The third-order valence-corrected chi connectivity index (χ3v) is 2.84. The van der Waals surface area contributed by atoms with Gasteiger partial charge in [0.15, 0.2) is 0 Å². The van der Waals surface area contributed by atoms with E-state index in [2.05, 4.69) is 9.64 Å². The summed E-state index contributed by atoms with van der Waals surface area (Å²) in [6.45, 7) is 1.81. The highest BCUT2D eigenvalue weighted by Crippen LogP contribution is 2.20. The Kier molecular flexibility index (Phi) is 4.35. The molecule has 14 heavy (non-hydrogen) atoms. The van der Waals surface area contributed by atoms with Gasteiger partial charge in [0.1, 0.15) is 0 Å². The summed E-state index contributed by atoms with van der Waals surface area (Å²) < 4.78 is 4.57. The fourth-order valence-corrected chi connectivity index (χ4v) is 1.89. The van der Waals surface area contributed by atoms with Gasteiger partial charge in [0.05, 0.1) is 13.2 Å². The van der Waals surface area contributed by atoms with Crippen LogP contribution in [0.25, 0.3) is 0 Å². The third-order valence-electron chi connectivity index (χ3n) is 2.84. The normalized spacial score (nSPS) is 28.8. The van der Waals surface area contributed by atoms with Crippen LogP contribution in [0.2, 0.25) is 0 Å². The van der Waals surface area contributed by atoms with Gasteiger partial charge in [-0.15, -0.1) is 0 Å². The van der Waals surface area contributed by atoms with Crippen molar-refractivity contribution in [2.24, 2.45) is 5.92 Å². The molecular weight excluding hydrogens is 182 g/mol.